The Kier molecular flexibility index (Phi) is 5.58. The Labute approximate surface area is 157 Å². The van der Waals surface area contributed by atoms with Gasteiger partial charge in [-0.2, -0.15) is 0 Å². The molecule has 0 aliphatic rings. The summed E-state index contributed by atoms with van der Waals surface area (Å²) in [7, 11) is 0. The lowest BCUT2D eigenvalue weighted by Crippen LogP contribution is -2.21. The third-order valence-corrected chi connectivity index (χ3v) is 4.46. The van der Waals surface area contributed by atoms with Gasteiger partial charge in [-0.25, -0.2) is 4.98 Å². The van der Waals surface area contributed by atoms with E-state index in [0.29, 0.717) is 10.8 Å². The van der Waals surface area contributed by atoms with Crippen molar-refractivity contribution in [1.29, 1.82) is 0 Å². The number of fused-ring (bicyclic) bond motifs is 1. The molecule has 1 aromatic carbocycles. The first-order valence-electron chi connectivity index (χ1n) is 8.59. The summed E-state index contributed by atoms with van der Waals surface area (Å²) in [5, 5.41) is 3.22. The minimum atomic E-state index is -0.220. The SMILES string of the molecule is CCN(CC)c1ccc(NC(=O)C=Cc2c(Cl)nc3ccccn23)cc1. The number of rotatable bonds is 6. The second-order valence-electron chi connectivity index (χ2n) is 5.76. The number of amides is 1. The summed E-state index contributed by atoms with van der Waals surface area (Å²) in [6.45, 7) is 6.14. The van der Waals surface area contributed by atoms with Gasteiger partial charge in [0.1, 0.15) is 5.65 Å². The summed E-state index contributed by atoms with van der Waals surface area (Å²) < 4.78 is 1.84. The first-order valence-corrected chi connectivity index (χ1v) is 8.96. The molecule has 26 heavy (non-hydrogen) atoms. The van der Waals surface area contributed by atoms with Crippen LogP contribution in [-0.2, 0) is 4.79 Å². The summed E-state index contributed by atoms with van der Waals surface area (Å²) >= 11 is 6.17. The maximum Gasteiger partial charge on any atom is 0.248 e. The third kappa shape index (κ3) is 3.89. The molecule has 6 heteroatoms. The van der Waals surface area contributed by atoms with Gasteiger partial charge in [0.2, 0.25) is 5.91 Å². The number of pyridine rings is 1. The highest BCUT2D eigenvalue weighted by Crippen LogP contribution is 2.20. The first kappa shape index (κ1) is 18.0. The fourth-order valence-corrected chi connectivity index (χ4v) is 3.06. The molecule has 2 heterocycles. The Balaban J connectivity index is 1.70. The molecule has 3 rings (SSSR count). The quantitative estimate of drug-likeness (QED) is 0.652. The zero-order valence-corrected chi connectivity index (χ0v) is 15.6. The summed E-state index contributed by atoms with van der Waals surface area (Å²) in [6, 6.07) is 13.5. The highest BCUT2D eigenvalue weighted by atomic mass is 35.5. The number of aromatic nitrogens is 2. The number of hydrogen-bond acceptors (Lipinski definition) is 3. The van der Waals surface area contributed by atoms with Crippen molar-refractivity contribution in [3.63, 3.8) is 0 Å². The zero-order valence-electron chi connectivity index (χ0n) is 14.8. The highest BCUT2D eigenvalue weighted by molar-refractivity contribution is 6.31. The van der Waals surface area contributed by atoms with Crippen LogP contribution in [0.2, 0.25) is 5.15 Å². The van der Waals surface area contributed by atoms with Crippen molar-refractivity contribution in [3.05, 3.63) is 65.6 Å². The van der Waals surface area contributed by atoms with E-state index in [9.17, 15) is 4.79 Å². The number of hydrogen-bond donors (Lipinski definition) is 1. The van der Waals surface area contributed by atoms with Gasteiger partial charge in [-0.3, -0.25) is 9.20 Å². The second kappa shape index (κ2) is 8.06. The number of anilines is 2. The van der Waals surface area contributed by atoms with Crippen LogP contribution in [0.1, 0.15) is 19.5 Å². The van der Waals surface area contributed by atoms with Gasteiger partial charge in [0, 0.05) is 36.7 Å². The van der Waals surface area contributed by atoms with Crippen LogP contribution in [0.15, 0.2) is 54.7 Å². The molecule has 0 aliphatic heterocycles. The molecular formula is C20H21ClN4O. The molecule has 1 amide bonds. The fraction of sp³-hybridized carbons (Fsp3) is 0.200. The number of nitrogens with zero attached hydrogens (tertiary/aromatic N) is 3. The lowest BCUT2D eigenvalue weighted by atomic mass is 10.2. The van der Waals surface area contributed by atoms with Gasteiger partial charge in [0.05, 0.1) is 5.69 Å². The molecule has 0 bridgehead atoms. The van der Waals surface area contributed by atoms with Crippen LogP contribution in [0.4, 0.5) is 11.4 Å². The summed E-state index contributed by atoms with van der Waals surface area (Å²) in [6.07, 6.45) is 4.99. The van der Waals surface area contributed by atoms with Gasteiger partial charge in [-0.05, 0) is 56.3 Å². The van der Waals surface area contributed by atoms with Gasteiger partial charge in [-0.15, -0.1) is 0 Å². The van der Waals surface area contributed by atoms with E-state index in [2.05, 4.69) is 29.0 Å². The van der Waals surface area contributed by atoms with Gasteiger partial charge >= 0.3 is 0 Å². The predicted octanol–water partition coefficient (Wildman–Crippen LogP) is 4.49. The minimum absolute atomic E-state index is 0.220. The maximum absolute atomic E-state index is 12.2. The Hall–Kier alpha value is -2.79. The van der Waals surface area contributed by atoms with Crippen molar-refractivity contribution in [3.8, 4) is 0 Å². The van der Waals surface area contributed by atoms with Crippen molar-refractivity contribution in [1.82, 2.24) is 9.38 Å². The number of carbonyl (C=O) groups is 1. The van der Waals surface area contributed by atoms with E-state index in [-0.39, 0.29) is 5.91 Å². The highest BCUT2D eigenvalue weighted by Gasteiger charge is 2.07. The van der Waals surface area contributed by atoms with Gasteiger partial charge in [0.15, 0.2) is 5.15 Å². The van der Waals surface area contributed by atoms with Crippen LogP contribution in [0, 0.1) is 0 Å². The van der Waals surface area contributed by atoms with Crippen LogP contribution in [0.25, 0.3) is 11.7 Å². The lowest BCUT2D eigenvalue weighted by Gasteiger charge is -2.21. The second-order valence-corrected chi connectivity index (χ2v) is 6.12. The lowest BCUT2D eigenvalue weighted by molar-refractivity contribution is -0.111. The van der Waals surface area contributed by atoms with Gasteiger partial charge in [-0.1, -0.05) is 17.7 Å². The Morgan fingerprint density at radius 1 is 1.19 bits per heavy atom. The molecule has 3 aromatic rings. The molecule has 0 saturated heterocycles. The predicted molar refractivity (Wildman–Crippen MR) is 108 cm³/mol. The Morgan fingerprint density at radius 2 is 1.92 bits per heavy atom. The van der Waals surface area contributed by atoms with Crippen molar-refractivity contribution < 1.29 is 4.79 Å². The van der Waals surface area contributed by atoms with E-state index in [0.717, 1.165) is 30.1 Å². The summed E-state index contributed by atoms with van der Waals surface area (Å²) in [5.74, 6) is -0.220. The van der Waals surface area contributed by atoms with E-state index in [4.69, 9.17) is 11.6 Å². The largest absolute Gasteiger partial charge is 0.372 e. The molecule has 134 valence electrons. The topological polar surface area (TPSA) is 49.6 Å². The zero-order chi connectivity index (χ0) is 18.5. The van der Waals surface area contributed by atoms with Crippen LogP contribution >= 0.6 is 11.6 Å². The number of imidazole rings is 1. The van der Waals surface area contributed by atoms with Gasteiger partial charge < -0.3 is 10.2 Å². The van der Waals surface area contributed by atoms with Crippen LogP contribution in [0.5, 0.6) is 0 Å². The average Bonchev–Trinajstić information content (AvgIpc) is 2.97. The van der Waals surface area contributed by atoms with E-state index in [1.54, 1.807) is 6.08 Å². The summed E-state index contributed by atoms with van der Waals surface area (Å²) in [4.78, 5) is 18.7. The molecule has 0 atom stereocenters. The molecular weight excluding hydrogens is 348 g/mol. The average molecular weight is 369 g/mol. The fourth-order valence-electron chi connectivity index (χ4n) is 2.82. The maximum atomic E-state index is 12.2. The van der Waals surface area contributed by atoms with Crippen molar-refractivity contribution in [2.45, 2.75) is 13.8 Å². The van der Waals surface area contributed by atoms with E-state index in [1.807, 2.05) is 53.1 Å². The number of benzene rings is 1. The van der Waals surface area contributed by atoms with Crippen LogP contribution < -0.4 is 10.2 Å². The molecule has 0 spiro atoms. The Morgan fingerprint density at radius 3 is 2.62 bits per heavy atom. The number of carbonyl (C=O) groups excluding carboxylic acids is 1. The molecule has 2 aromatic heterocycles. The van der Waals surface area contributed by atoms with Crippen LogP contribution in [0.3, 0.4) is 0 Å². The first-order chi connectivity index (χ1) is 12.6. The Bertz CT molecular complexity index is 927. The van der Waals surface area contributed by atoms with Crippen LogP contribution in [-0.4, -0.2) is 28.4 Å². The molecule has 1 N–H and O–H groups in total. The molecule has 0 unspecified atom stereocenters. The molecule has 0 saturated carbocycles. The number of nitrogens with one attached hydrogen (secondary N) is 1. The molecule has 0 fully saturated rings. The van der Waals surface area contributed by atoms with Crippen molar-refractivity contribution in [2.24, 2.45) is 0 Å². The van der Waals surface area contributed by atoms with Gasteiger partial charge in [0.25, 0.3) is 0 Å². The third-order valence-electron chi connectivity index (χ3n) is 4.18. The number of halogens is 1. The summed E-state index contributed by atoms with van der Waals surface area (Å²) in [5.41, 5.74) is 3.31. The van der Waals surface area contributed by atoms with Crippen molar-refractivity contribution >= 4 is 40.6 Å². The van der Waals surface area contributed by atoms with E-state index >= 15 is 0 Å². The molecule has 0 aliphatic carbocycles. The van der Waals surface area contributed by atoms with E-state index < -0.39 is 0 Å². The van der Waals surface area contributed by atoms with Crippen molar-refractivity contribution in [2.75, 3.05) is 23.3 Å². The standard InChI is InChI=1S/C20H21ClN4O/c1-3-24(4-2)16-10-8-15(9-11-16)22-19(26)13-12-17-20(21)23-18-7-5-6-14-25(17)18/h5-14H,3-4H2,1-2H3,(H,22,26). The smallest absolute Gasteiger partial charge is 0.248 e. The normalized spacial score (nSPS) is 11.2. The van der Waals surface area contributed by atoms with E-state index in [1.165, 1.54) is 6.08 Å². The monoisotopic (exact) mass is 368 g/mol. The minimum Gasteiger partial charge on any atom is -0.372 e. The molecule has 0 radical (unpaired) electrons. The molecule has 5 nitrogen and oxygen atoms in total.